The third-order valence-corrected chi connectivity index (χ3v) is 3.55. The van der Waals surface area contributed by atoms with Crippen LogP contribution in [0, 0.1) is 0 Å². The molecule has 0 saturated heterocycles. The van der Waals surface area contributed by atoms with Gasteiger partial charge in [0.1, 0.15) is 0 Å². The zero-order valence-electron chi connectivity index (χ0n) is 9.64. The number of sulfonamides is 1. The molecule has 0 aliphatic carbocycles. The SMILES string of the molecule is CCN[C@H](C)CNS(=O)(=O)c1cnnn1C. The Bertz CT molecular complexity index is 427. The first-order chi connectivity index (χ1) is 7.47. The summed E-state index contributed by atoms with van der Waals surface area (Å²) in [4.78, 5) is 0. The van der Waals surface area contributed by atoms with E-state index in [4.69, 9.17) is 0 Å². The molecule has 2 N–H and O–H groups in total. The smallest absolute Gasteiger partial charge is 0.259 e. The molecule has 7 nitrogen and oxygen atoms in total. The van der Waals surface area contributed by atoms with Crippen LogP contribution in [0.3, 0.4) is 0 Å². The largest absolute Gasteiger partial charge is 0.313 e. The molecule has 0 aliphatic heterocycles. The molecule has 0 unspecified atom stereocenters. The van der Waals surface area contributed by atoms with E-state index in [1.165, 1.54) is 17.9 Å². The van der Waals surface area contributed by atoms with E-state index in [0.29, 0.717) is 6.54 Å². The van der Waals surface area contributed by atoms with Gasteiger partial charge in [-0.1, -0.05) is 12.1 Å². The second kappa shape index (κ2) is 5.37. The predicted molar refractivity (Wildman–Crippen MR) is 59.3 cm³/mol. The van der Waals surface area contributed by atoms with Crippen molar-refractivity contribution in [2.24, 2.45) is 7.05 Å². The van der Waals surface area contributed by atoms with E-state index in [0.717, 1.165) is 6.54 Å². The lowest BCUT2D eigenvalue weighted by molar-refractivity contribution is 0.528. The molecule has 0 amide bonds. The van der Waals surface area contributed by atoms with Crippen molar-refractivity contribution in [2.45, 2.75) is 24.9 Å². The minimum Gasteiger partial charge on any atom is -0.313 e. The maximum Gasteiger partial charge on any atom is 0.259 e. The Morgan fingerprint density at radius 3 is 2.75 bits per heavy atom. The summed E-state index contributed by atoms with van der Waals surface area (Å²) in [7, 11) is -1.98. The van der Waals surface area contributed by atoms with Gasteiger partial charge >= 0.3 is 0 Å². The fraction of sp³-hybridized carbons (Fsp3) is 0.750. The standard InChI is InChI=1S/C8H17N5O2S/c1-4-9-7(2)5-11-16(14,15)8-6-10-12-13(8)3/h6-7,9,11H,4-5H2,1-3H3/t7-/m1/s1. The zero-order chi connectivity index (χ0) is 12.2. The Hall–Kier alpha value is -0.990. The van der Waals surface area contributed by atoms with E-state index in [9.17, 15) is 8.42 Å². The van der Waals surface area contributed by atoms with Crippen LogP contribution in [-0.2, 0) is 17.1 Å². The summed E-state index contributed by atoms with van der Waals surface area (Å²) < 4.78 is 27.3. The first-order valence-corrected chi connectivity index (χ1v) is 6.53. The van der Waals surface area contributed by atoms with Gasteiger partial charge in [-0.3, -0.25) is 0 Å². The summed E-state index contributed by atoms with van der Waals surface area (Å²) in [5.74, 6) is 0. The van der Waals surface area contributed by atoms with Gasteiger partial charge in [0, 0.05) is 19.6 Å². The topological polar surface area (TPSA) is 88.9 Å². The molecule has 0 aromatic carbocycles. The summed E-state index contributed by atoms with van der Waals surface area (Å²) in [5.41, 5.74) is 0. The summed E-state index contributed by atoms with van der Waals surface area (Å²) in [6, 6.07) is 0.0842. The van der Waals surface area contributed by atoms with E-state index in [1.807, 2.05) is 13.8 Å². The van der Waals surface area contributed by atoms with Crippen molar-refractivity contribution in [1.82, 2.24) is 25.0 Å². The number of rotatable bonds is 6. The summed E-state index contributed by atoms with van der Waals surface area (Å²) in [6.07, 6.45) is 1.22. The van der Waals surface area contributed by atoms with Crippen molar-refractivity contribution in [3.8, 4) is 0 Å². The van der Waals surface area contributed by atoms with Gasteiger partial charge < -0.3 is 5.32 Å². The predicted octanol–water partition coefficient (Wildman–Crippen LogP) is -0.909. The quantitative estimate of drug-likeness (QED) is 0.679. The van der Waals surface area contributed by atoms with Crippen LogP contribution in [0.15, 0.2) is 11.2 Å². The molecule has 16 heavy (non-hydrogen) atoms. The first kappa shape index (κ1) is 13.1. The molecule has 0 radical (unpaired) electrons. The van der Waals surface area contributed by atoms with Gasteiger partial charge in [-0.05, 0) is 13.5 Å². The molecule has 0 spiro atoms. The van der Waals surface area contributed by atoms with Crippen LogP contribution in [0.5, 0.6) is 0 Å². The van der Waals surface area contributed by atoms with Crippen LogP contribution in [0.1, 0.15) is 13.8 Å². The van der Waals surface area contributed by atoms with E-state index >= 15 is 0 Å². The molecule has 1 rings (SSSR count). The van der Waals surface area contributed by atoms with E-state index in [2.05, 4.69) is 20.4 Å². The van der Waals surface area contributed by atoms with Crippen LogP contribution in [0.2, 0.25) is 0 Å². The van der Waals surface area contributed by atoms with E-state index in [-0.39, 0.29) is 11.1 Å². The van der Waals surface area contributed by atoms with Gasteiger partial charge in [-0.25, -0.2) is 17.8 Å². The van der Waals surface area contributed by atoms with Crippen molar-refractivity contribution in [3.63, 3.8) is 0 Å². The van der Waals surface area contributed by atoms with Crippen LogP contribution in [0.25, 0.3) is 0 Å². The van der Waals surface area contributed by atoms with Gasteiger partial charge in [0.15, 0.2) is 5.03 Å². The highest BCUT2D eigenvalue weighted by Crippen LogP contribution is 2.03. The van der Waals surface area contributed by atoms with Gasteiger partial charge in [-0.2, -0.15) is 0 Å². The fourth-order valence-electron chi connectivity index (χ4n) is 1.25. The third-order valence-electron chi connectivity index (χ3n) is 2.08. The third kappa shape index (κ3) is 3.26. The van der Waals surface area contributed by atoms with Crippen LogP contribution in [0.4, 0.5) is 0 Å². The van der Waals surface area contributed by atoms with Crippen molar-refractivity contribution in [3.05, 3.63) is 6.20 Å². The minimum atomic E-state index is -3.51. The maximum atomic E-state index is 11.8. The highest BCUT2D eigenvalue weighted by atomic mass is 32.2. The number of aryl methyl sites for hydroxylation is 1. The molecule has 8 heteroatoms. The second-order valence-corrected chi connectivity index (χ2v) is 5.22. The van der Waals surface area contributed by atoms with E-state index < -0.39 is 10.0 Å². The Labute approximate surface area is 95.3 Å². The lowest BCUT2D eigenvalue weighted by atomic mass is 10.3. The highest BCUT2D eigenvalue weighted by Gasteiger charge is 2.19. The van der Waals surface area contributed by atoms with Gasteiger partial charge in [-0.15, -0.1) is 5.10 Å². The van der Waals surface area contributed by atoms with Gasteiger partial charge in [0.2, 0.25) is 0 Å². The molecular weight excluding hydrogens is 230 g/mol. The average molecular weight is 247 g/mol. The Morgan fingerprint density at radius 2 is 2.25 bits per heavy atom. The maximum absolute atomic E-state index is 11.8. The Morgan fingerprint density at radius 1 is 1.56 bits per heavy atom. The molecule has 1 heterocycles. The number of likely N-dealkylation sites (N-methyl/N-ethyl adjacent to an activating group) is 1. The van der Waals surface area contributed by atoms with E-state index in [1.54, 1.807) is 0 Å². The Balaban J connectivity index is 2.63. The molecule has 0 fully saturated rings. The molecular formula is C8H17N5O2S. The molecule has 92 valence electrons. The van der Waals surface area contributed by atoms with Crippen molar-refractivity contribution in [1.29, 1.82) is 0 Å². The molecule has 1 atom stereocenters. The Kier molecular flexibility index (Phi) is 4.39. The first-order valence-electron chi connectivity index (χ1n) is 5.05. The minimum absolute atomic E-state index is 0.0659. The lowest BCUT2D eigenvalue weighted by Gasteiger charge is -2.13. The van der Waals surface area contributed by atoms with Crippen LogP contribution in [-0.4, -0.2) is 42.5 Å². The van der Waals surface area contributed by atoms with Gasteiger partial charge in [0.25, 0.3) is 10.0 Å². The summed E-state index contributed by atoms with van der Waals surface area (Å²) in [5, 5.41) is 10.3. The average Bonchev–Trinajstić information content (AvgIpc) is 2.63. The molecule has 0 saturated carbocycles. The fourth-order valence-corrected chi connectivity index (χ4v) is 2.44. The summed E-state index contributed by atoms with van der Waals surface area (Å²) in [6.45, 7) is 5.01. The van der Waals surface area contributed by atoms with Crippen LogP contribution >= 0.6 is 0 Å². The normalized spacial score (nSPS) is 13.9. The zero-order valence-corrected chi connectivity index (χ0v) is 10.5. The lowest BCUT2D eigenvalue weighted by Crippen LogP contribution is -2.39. The van der Waals surface area contributed by atoms with Crippen molar-refractivity contribution < 1.29 is 8.42 Å². The van der Waals surface area contributed by atoms with Crippen molar-refractivity contribution in [2.75, 3.05) is 13.1 Å². The van der Waals surface area contributed by atoms with Crippen molar-refractivity contribution >= 4 is 10.0 Å². The molecule has 0 bridgehead atoms. The highest BCUT2D eigenvalue weighted by molar-refractivity contribution is 7.89. The number of aromatic nitrogens is 3. The monoisotopic (exact) mass is 247 g/mol. The summed E-state index contributed by atoms with van der Waals surface area (Å²) >= 11 is 0. The molecule has 1 aromatic rings. The number of hydrogen-bond donors (Lipinski definition) is 2. The van der Waals surface area contributed by atoms with Gasteiger partial charge in [0.05, 0.1) is 6.20 Å². The molecule has 1 aromatic heterocycles. The van der Waals surface area contributed by atoms with Crippen LogP contribution < -0.4 is 10.0 Å². The number of nitrogens with one attached hydrogen (secondary N) is 2. The number of hydrogen-bond acceptors (Lipinski definition) is 5. The molecule has 0 aliphatic rings. The number of nitrogens with zero attached hydrogens (tertiary/aromatic N) is 3. The second-order valence-electron chi connectivity index (χ2n) is 3.51.